The van der Waals surface area contributed by atoms with E-state index in [4.69, 9.17) is 5.73 Å². The Morgan fingerprint density at radius 1 is 1.35 bits per heavy atom. The van der Waals surface area contributed by atoms with Gasteiger partial charge in [0.1, 0.15) is 0 Å². The summed E-state index contributed by atoms with van der Waals surface area (Å²) in [6.07, 6.45) is 3.17. The largest absolute Gasteiger partial charge is 0.368 e. The number of hydrogen-bond acceptors (Lipinski definition) is 2. The molecular formula is C14H18N2O. The molecule has 0 spiro atoms. The highest BCUT2D eigenvalue weighted by Gasteiger charge is 2.21. The molecule has 3 nitrogen and oxygen atoms in total. The van der Waals surface area contributed by atoms with Crippen LogP contribution in [0.15, 0.2) is 36.4 Å². The summed E-state index contributed by atoms with van der Waals surface area (Å²) in [7, 11) is 0. The Balaban J connectivity index is 2.05. The summed E-state index contributed by atoms with van der Waals surface area (Å²) >= 11 is 0. The molecule has 0 radical (unpaired) electrons. The second-order valence-electron chi connectivity index (χ2n) is 4.42. The number of benzene rings is 1. The summed E-state index contributed by atoms with van der Waals surface area (Å²) in [5.74, 6) is -0.249. The van der Waals surface area contributed by atoms with Crippen molar-refractivity contribution in [1.29, 1.82) is 0 Å². The first kappa shape index (κ1) is 11.9. The number of carbonyl (C=O) groups is 1. The van der Waals surface area contributed by atoms with Gasteiger partial charge in [0.15, 0.2) is 0 Å². The van der Waals surface area contributed by atoms with Crippen molar-refractivity contribution in [2.24, 2.45) is 5.73 Å². The third-order valence-electron chi connectivity index (χ3n) is 3.34. The van der Waals surface area contributed by atoms with E-state index in [0.29, 0.717) is 0 Å². The molecule has 2 rings (SSSR count). The average molecular weight is 230 g/mol. The molecule has 1 amide bonds. The van der Waals surface area contributed by atoms with Gasteiger partial charge in [0.05, 0.1) is 6.04 Å². The Morgan fingerprint density at radius 3 is 2.59 bits per heavy atom. The van der Waals surface area contributed by atoms with Crippen molar-refractivity contribution in [2.75, 3.05) is 13.1 Å². The van der Waals surface area contributed by atoms with E-state index in [1.54, 1.807) is 0 Å². The van der Waals surface area contributed by atoms with Crippen LogP contribution in [0.2, 0.25) is 0 Å². The van der Waals surface area contributed by atoms with Gasteiger partial charge in [-0.1, -0.05) is 36.4 Å². The van der Waals surface area contributed by atoms with E-state index in [2.05, 4.69) is 35.2 Å². The SMILES string of the molecule is C[C@@H](C(N)=O)N1CC=C(c2ccccc2)CC1. The van der Waals surface area contributed by atoms with Crippen LogP contribution in [-0.4, -0.2) is 29.9 Å². The minimum atomic E-state index is -0.249. The van der Waals surface area contributed by atoms with Crippen LogP contribution in [0.1, 0.15) is 18.9 Å². The Hall–Kier alpha value is -1.61. The highest BCUT2D eigenvalue weighted by molar-refractivity contribution is 5.79. The maximum atomic E-state index is 11.1. The molecule has 0 aromatic heterocycles. The van der Waals surface area contributed by atoms with Crippen molar-refractivity contribution in [3.8, 4) is 0 Å². The molecule has 1 aliphatic heterocycles. The summed E-state index contributed by atoms with van der Waals surface area (Å²) in [4.78, 5) is 13.2. The Kier molecular flexibility index (Phi) is 3.59. The number of rotatable bonds is 3. The molecule has 0 fully saturated rings. The topological polar surface area (TPSA) is 46.3 Å². The van der Waals surface area contributed by atoms with Crippen molar-refractivity contribution in [2.45, 2.75) is 19.4 Å². The van der Waals surface area contributed by atoms with Gasteiger partial charge >= 0.3 is 0 Å². The van der Waals surface area contributed by atoms with Crippen molar-refractivity contribution in [3.05, 3.63) is 42.0 Å². The first-order valence-electron chi connectivity index (χ1n) is 5.96. The molecule has 90 valence electrons. The molecule has 0 saturated carbocycles. The minimum absolute atomic E-state index is 0.177. The van der Waals surface area contributed by atoms with Crippen LogP contribution >= 0.6 is 0 Å². The van der Waals surface area contributed by atoms with E-state index < -0.39 is 0 Å². The van der Waals surface area contributed by atoms with Crippen LogP contribution in [0.3, 0.4) is 0 Å². The lowest BCUT2D eigenvalue weighted by molar-refractivity contribution is -0.122. The van der Waals surface area contributed by atoms with E-state index in [-0.39, 0.29) is 11.9 Å². The first-order valence-corrected chi connectivity index (χ1v) is 5.96. The predicted octanol–water partition coefficient (Wildman–Crippen LogP) is 1.65. The summed E-state index contributed by atoms with van der Waals surface area (Å²) < 4.78 is 0. The fourth-order valence-electron chi connectivity index (χ4n) is 2.13. The quantitative estimate of drug-likeness (QED) is 0.858. The van der Waals surface area contributed by atoms with Gasteiger partial charge in [0.2, 0.25) is 5.91 Å². The molecule has 0 aliphatic carbocycles. The first-order chi connectivity index (χ1) is 8.18. The average Bonchev–Trinajstić information content (AvgIpc) is 2.39. The number of primary amides is 1. The molecule has 1 aromatic carbocycles. The van der Waals surface area contributed by atoms with E-state index >= 15 is 0 Å². The van der Waals surface area contributed by atoms with Crippen LogP contribution in [0.5, 0.6) is 0 Å². The lowest BCUT2D eigenvalue weighted by Gasteiger charge is -2.30. The van der Waals surface area contributed by atoms with E-state index in [9.17, 15) is 4.79 Å². The van der Waals surface area contributed by atoms with Crippen LogP contribution < -0.4 is 5.73 Å². The Morgan fingerprint density at radius 2 is 2.06 bits per heavy atom. The van der Waals surface area contributed by atoms with Gasteiger partial charge in [0.25, 0.3) is 0 Å². The second-order valence-corrected chi connectivity index (χ2v) is 4.42. The predicted molar refractivity (Wildman–Crippen MR) is 69.3 cm³/mol. The normalized spacial score (nSPS) is 18.5. The van der Waals surface area contributed by atoms with Crippen LogP contribution in [-0.2, 0) is 4.79 Å². The van der Waals surface area contributed by atoms with Crippen molar-refractivity contribution in [1.82, 2.24) is 4.90 Å². The Labute approximate surface area is 102 Å². The summed E-state index contributed by atoms with van der Waals surface area (Å²) in [6.45, 7) is 3.56. The maximum Gasteiger partial charge on any atom is 0.234 e. The molecule has 17 heavy (non-hydrogen) atoms. The van der Waals surface area contributed by atoms with Gasteiger partial charge in [-0.2, -0.15) is 0 Å². The van der Waals surface area contributed by atoms with E-state index in [1.807, 2.05) is 13.0 Å². The molecule has 2 N–H and O–H groups in total. The lowest BCUT2D eigenvalue weighted by atomic mass is 9.99. The number of amides is 1. The van der Waals surface area contributed by atoms with Crippen molar-refractivity contribution in [3.63, 3.8) is 0 Å². The van der Waals surface area contributed by atoms with Gasteiger partial charge in [0, 0.05) is 13.1 Å². The second kappa shape index (κ2) is 5.15. The van der Waals surface area contributed by atoms with E-state index in [0.717, 1.165) is 19.5 Å². The molecule has 1 heterocycles. The van der Waals surface area contributed by atoms with Crippen molar-refractivity contribution < 1.29 is 4.79 Å². The highest BCUT2D eigenvalue weighted by Crippen LogP contribution is 2.22. The minimum Gasteiger partial charge on any atom is -0.368 e. The standard InChI is InChI=1S/C14H18N2O/c1-11(14(15)17)16-9-7-13(8-10-16)12-5-3-2-4-6-12/h2-7,11H,8-10H2,1H3,(H2,15,17)/t11-/m0/s1. The molecule has 1 aliphatic rings. The molecule has 0 unspecified atom stereocenters. The fourth-order valence-corrected chi connectivity index (χ4v) is 2.13. The number of hydrogen-bond donors (Lipinski definition) is 1. The third kappa shape index (κ3) is 2.74. The van der Waals surface area contributed by atoms with Gasteiger partial charge in [-0.05, 0) is 24.5 Å². The van der Waals surface area contributed by atoms with Crippen LogP contribution in [0.25, 0.3) is 5.57 Å². The zero-order chi connectivity index (χ0) is 12.3. The van der Waals surface area contributed by atoms with E-state index in [1.165, 1.54) is 11.1 Å². The Bertz CT molecular complexity index is 425. The zero-order valence-electron chi connectivity index (χ0n) is 10.1. The van der Waals surface area contributed by atoms with Gasteiger partial charge < -0.3 is 5.73 Å². The fraction of sp³-hybridized carbons (Fsp3) is 0.357. The smallest absolute Gasteiger partial charge is 0.234 e. The summed E-state index contributed by atoms with van der Waals surface area (Å²) in [5.41, 5.74) is 7.95. The van der Waals surface area contributed by atoms with Gasteiger partial charge in [-0.15, -0.1) is 0 Å². The number of nitrogens with two attached hydrogens (primary N) is 1. The third-order valence-corrected chi connectivity index (χ3v) is 3.34. The lowest BCUT2D eigenvalue weighted by Crippen LogP contribution is -2.44. The summed E-state index contributed by atoms with van der Waals surface area (Å²) in [5, 5.41) is 0. The van der Waals surface area contributed by atoms with Crippen molar-refractivity contribution >= 4 is 11.5 Å². The monoisotopic (exact) mass is 230 g/mol. The van der Waals surface area contributed by atoms with Crippen LogP contribution in [0.4, 0.5) is 0 Å². The molecule has 0 bridgehead atoms. The van der Waals surface area contributed by atoms with Gasteiger partial charge in [-0.25, -0.2) is 0 Å². The van der Waals surface area contributed by atoms with Gasteiger partial charge in [-0.3, -0.25) is 9.69 Å². The molecular weight excluding hydrogens is 212 g/mol. The summed E-state index contributed by atoms with van der Waals surface area (Å²) in [6, 6.07) is 10.2. The molecule has 0 saturated heterocycles. The molecule has 1 aromatic rings. The highest BCUT2D eigenvalue weighted by atomic mass is 16.1. The zero-order valence-corrected chi connectivity index (χ0v) is 10.1. The molecule has 1 atom stereocenters. The number of carbonyl (C=O) groups excluding carboxylic acids is 1. The maximum absolute atomic E-state index is 11.1. The van der Waals surface area contributed by atoms with Crippen LogP contribution in [0, 0.1) is 0 Å². The molecule has 3 heteroatoms. The number of nitrogens with zero attached hydrogens (tertiary/aromatic N) is 1.